The van der Waals surface area contributed by atoms with Crippen LogP contribution in [-0.4, -0.2) is 49.7 Å². The number of amides is 1. The molecule has 0 aliphatic rings. The summed E-state index contributed by atoms with van der Waals surface area (Å²) in [4.78, 5) is 18.8. The molecule has 0 bridgehead atoms. The van der Waals surface area contributed by atoms with Crippen molar-refractivity contribution in [2.24, 2.45) is 4.99 Å². The number of likely N-dealkylation sites (N-methyl/N-ethyl adjacent to an activating group) is 1. The zero-order valence-electron chi connectivity index (χ0n) is 16.8. The monoisotopic (exact) mass is 420 g/mol. The van der Waals surface area contributed by atoms with Gasteiger partial charge in [0, 0.05) is 31.3 Å². The summed E-state index contributed by atoms with van der Waals surface area (Å²) >= 11 is 1.70. The summed E-state index contributed by atoms with van der Waals surface area (Å²) in [5.74, 6) is -0.685. The third-order valence-corrected chi connectivity index (χ3v) is 5.09. The molecule has 0 spiro atoms. The minimum atomic E-state index is -0.898. The SMILES string of the molecule is CC(NC(=NCC(=O)N(C)C)NCCSc1ccccc1)c1ccc(F)c(F)c1. The average Bonchev–Trinajstić information content (AvgIpc) is 2.71. The van der Waals surface area contributed by atoms with Crippen LogP contribution in [-0.2, 0) is 4.79 Å². The van der Waals surface area contributed by atoms with Crippen LogP contribution in [0.15, 0.2) is 58.4 Å². The van der Waals surface area contributed by atoms with Crippen molar-refractivity contribution in [3.05, 3.63) is 65.7 Å². The Labute approximate surface area is 174 Å². The second-order valence-corrected chi connectivity index (χ2v) is 7.75. The molecule has 156 valence electrons. The number of hydrogen-bond donors (Lipinski definition) is 2. The average molecular weight is 421 g/mol. The fourth-order valence-electron chi connectivity index (χ4n) is 2.37. The largest absolute Gasteiger partial charge is 0.356 e. The summed E-state index contributed by atoms with van der Waals surface area (Å²) in [6.45, 7) is 2.42. The van der Waals surface area contributed by atoms with Gasteiger partial charge in [0.1, 0.15) is 6.54 Å². The molecule has 29 heavy (non-hydrogen) atoms. The molecule has 0 radical (unpaired) electrons. The van der Waals surface area contributed by atoms with E-state index in [-0.39, 0.29) is 18.5 Å². The smallest absolute Gasteiger partial charge is 0.243 e. The number of nitrogens with zero attached hydrogens (tertiary/aromatic N) is 2. The highest BCUT2D eigenvalue weighted by molar-refractivity contribution is 7.99. The Morgan fingerprint density at radius 3 is 2.52 bits per heavy atom. The fraction of sp³-hybridized carbons (Fsp3) is 0.333. The Balaban J connectivity index is 1.98. The number of halogens is 2. The number of guanidine groups is 1. The Morgan fingerprint density at radius 1 is 1.14 bits per heavy atom. The number of carbonyl (C=O) groups excluding carboxylic acids is 1. The number of aliphatic imine (C=N–C) groups is 1. The number of rotatable bonds is 8. The van der Waals surface area contributed by atoms with Crippen LogP contribution in [0.3, 0.4) is 0 Å². The standard InChI is InChI=1S/C21H26F2N4OS/c1-15(16-9-10-18(22)19(23)13-16)26-21(25-14-20(28)27(2)3)24-11-12-29-17-7-5-4-6-8-17/h4-10,13,15H,11-12,14H2,1-3H3,(H2,24,25,26). The van der Waals surface area contributed by atoms with Gasteiger partial charge in [-0.2, -0.15) is 0 Å². The molecule has 1 amide bonds. The molecule has 0 saturated heterocycles. The van der Waals surface area contributed by atoms with Crippen molar-refractivity contribution < 1.29 is 13.6 Å². The highest BCUT2D eigenvalue weighted by Crippen LogP contribution is 2.17. The van der Waals surface area contributed by atoms with E-state index < -0.39 is 11.6 Å². The van der Waals surface area contributed by atoms with E-state index in [1.165, 1.54) is 15.9 Å². The molecule has 1 atom stereocenters. The molecule has 2 N–H and O–H groups in total. The third-order valence-electron chi connectivity index (χ3n) is 4.07. The molecule has 2 rings (SSSR count). The lowest BCUT2D eigenvalue weighted by Gasteiger charge is -2.19. The van der Waals surface area contributed by atoms with Crippen molar-refractivity contribution in [3.63, 3.8) is 0 Å². The topological polar surface area (TPSA) is 56.7 Å². The van der Waals surface area contributed by atoms with Gasteiger partial charge in [-0.1, -0.05) is 24.3 Å². The maximum atomic E-state index is 13.5. The number of carbonyl (C=O) groups is 1. The summed E-state index contributed by atoms with van der Waals surface area (Å²) in [7, 11) is 3.33. The van der Waals surface area contributed by atoms with Crippen molar-refractivity contribution in [2.75, 3.05) is 32.9 Å². The molecular formula is C21H26F2N4OS. The van der Waals surface area contributed by atoms with Gasteiger partial charge in [0.15, 0.2) is 17.6 Å². The van der Waals surface area contributed by atoms with Gasteiger partial charge in [-0.3, -0.25) is 4.79 Å². The first kappa shape index (κ1) is 22.7. The summed E-state index contributed by atoms with van der Waals surface area (Å²) < 4.78 is 26.7. The van der Waals surface area contributed by atoms with Gasteiger partial charge in [0.2, 0.25) is 5.91 Å². The highest BCUT2D eigenvalue weighted by atomic mass is 32.2. The molecule has 0 fully saturated rings. The van der Waals surface area contributed by atoms with E-state index >= 15 is 0 Å². The number of hydrogen-bond acceptors (Lipinski definition) is 3. The Bertz CT molecular complexity index is 831. The Hall–Kier alpha value is -2.61. The molecule has 8 heteroatoms. The van der Waals surface area contributed by atoms with E-state index in [0.717, 1.165) is 17.9 Å². The molecule has 0 aliphatic carbocycles. The summed E-state index contributed by atoms with van der Waals surface area (Å²) in [5.41, 5.74) is 0.580. The van der Waals surface area contributed by atoms with Gasteiger partial charge in [0.05, 0.1) is 6.04 Å². The first-order chi connectivity index (χ1) is 13.9. The fourth-order valence-corrected chi connectivity index (χ4v) is 3.16. The molecule has 0 saturated carbocycles. The van der Waals surface area contributed by atoms with Gasteiger partial charge in [-0.05, 0) is 36.8 Å². The van der Waals surface area contributed by atoms with Crippen LogP contribution in [0.25, 0.3) is 0 Å². The minimum absolute atomic E-state index is 0.0152. The maximum Gasteiger partial charge on any atom is 0.243 e. The van der Waals surface area contributed by atoms with Crippen LogP contribution in [0.2, 0.25) is 0 Å². The molecule has 0 heterocycles. The third kappa shape index (κ3) is 7.73. The van der Waals surface area contributed by atoms with Crippen LogP contribution in [0.5, 0.6) is 0 Å². The summed E-state index contributed by atoms with van der Waals surface area (Å²) in [6, 6.07) is 13.5. The molecule has 0 aliphatic heterocycles. The van der Waals surface area contributed by atoms with Crippen LogP contribution in [0.4, 0.5) is 8.78 Å². The van der Waals surface area contributed by atoms with Crippen LogP contribution in [0.1, 0.15) is 18.5 Å². The van der Waals surface area contributed by atoms with Crippen molar-refractivity contribution in [3.8, 4) is 0 Å². The molecular weight excluding hydrogens is 394 g/mol. The lowest BCUT2D eigenvalue weighted by Crippen LogP contribution is -2.40. The summed E-state index contributed by atoms with van der Waals surface area (Å²) in [6.07, 6.45) is 0. The quantitative estimate of drug-likeness (QED) is 0.297. The van der Waals surface area contributed by atoms with Gasteiger partial charge in [-0.25, -0.2) is 13.8 Å². The lowest BCUT2D eigenvalue weighted by atomic mass is 10.1. The molecule has 5 nitrogen and oxygen atoms in total. The zero-order valence-corrected chi connectivity index (χ0v) is 17.6. The molecule has 2 aromatic carbocycles. The molecule has 2 aromatic rings. The minimum Gasteiger partial charge on any atom is -0.356 e. The van der Waals surface area contributed by atoms with E-state index in [9.17, 15) is 13.6 Å². The predicted molar refractivity (Wildman–Crippen MR) is 114 cm³/mol. The number of thioether (sulfide) groups is 1. The van der Waals surface area contributed by atoms with E-state index in [0.29, 0.717) is 18.1 Å². The highest BCUT2D eigenvalue weighted by Gasteiger charge is 2.12. The van der Waals surface area contributed by atoms with Crippen molar-refractivity contribution in [1.29, 1.82) is 0 Å². The normalized spacial score (nSPS) is 12.4. The Kier molecular flexibility index (Phi) is 8.92. The van der Waals surface area contributed by atoms with Crippen molar-refractivity contribution in [2.45, 2.75) is 17.9 Å². The second-order valence-electron chi connectivity index (χ2n) is 6.58. The predicted octanol–water partition coefficient (Wildman–Crippen LogP) is 3.44. The van der Waals surface area contributed by atoms with Crippen molar-refractivity contribution >= 4 is 23.6 Å². The first-order valence-electron chi connectivity index (χ1n) is 9.24. The van der Waals surface area contributed by atoms with Gasteiger partial charge < -0.3 is 15.5 Å². The summed E-state index contributed by atoms with van der Waals surface area (Å²) in [5, 5.41) is 6.33. The van der Waals surface area contributed by atoms with Crippen LogP contribution < -0.4 is 10.6 Å². The van der Waals surface area contributed by atoms with E-state index in [1.54, 1.807) is 25.9 Å². The zero-order chi connectivity index (χ0) is 21.2. The van der Waals surface area contributed by atoms with Gasteiger partial charge in [0.25, 0.3) is 0 Å². The molecule has 0 aromatic heterocycles. The van der Waals surface area contributed by atoms with Crippen molar-refractivity contribution in [1.82, 2.24) is 15.5 Å². The van der Waals surface area contributed by atoms with E-state index in [1.807, 2.05) is 37.3 Å². The van der Waals surface area contributed by atoms with Crippen LogP contribution in [0, 0.1) is 11.6 Å². The van der Waals surface area contributed by atoms with Gasteiger partial charge in [-0.15, -0.1) is 11.8 Å². The maximum absolute atomic E-state index is 13.5. The van der Waals surface area contributed by atoms with E-state index in [4.69, 9.17) is 0 Å². The molecule has 1 unspecified atom stereocenters. The van der Waals surface area contributed by atoms with Crippen LogP contribution >= 0.6 is 11.8 Å². The van der Waals surface area contributed by atoms with E-state index in [2.05, 4.69) is 15.6 Å². The number of benzene rings is 2. The Morgan fingerprint density at radius 2 is 1.86 bits per heavy atom. The lowest BCUT2D eigenvalue weighted by molar-refractivity contribution is -0.127. The second kappa shape index (κ2) is 11.4. The number of nitrogens with one attached hydrogen (secondary N) is 2. The van der Waals surface area contributed by atoms with Gasteiger partial charge >= 0.3 is 0 Å². The first-order valence-corrected chi connectivity index (χ1v) is 10.2.